The number of aryl methyl sites for hydroxylation is 2. The SMILES string of the molecule is Cc1ccc(NC(=O)Oc2ccccc2)cc1NC(=O)Nc1ccc(S(=O)(=O)c2ccc(NC(=O)Nc3ccc(C)c(NC(=O)Oc4ccccc4)c3)cc2)cc1. The molecule has 0 radical (unpaired) electrons. The van der Waals surface area contributed by atoms with Crippen LogP contribution in [0, 0.1) is 13.8 Å². The van der Waals surface area contributed by atoms with Crippen molar-refractivity contribution in [1.82, 2.24) is 0 Å². The number of para-hydroxylation sites is 2. The van der Waals surface area contributed by atoms with Crippen LogP contribution in [0.5, 0.6) is 11.5 Å². The van der Waals surface area contributed by atoms with Crippen molar-refractivity contribution in [3.05, 3.63) is 157 Å². The summed E-state index contributed by atoms with van der Waals surface area (Å²) in [5.74, 6) is 0.755. The van der Waals surface area contributed by atoms with E-state index in [1.807, 2.05) is 0 Å². The molecular weight excluding hydrogens is 749 g/mol. The molecule has 0 fully saturated rings. The van der Waals surface area contributed by atoms with Crippen molar-refractivity contribution in [2.24, 2.45) is 0 Å². The van der Waals surface area contributed by atoms with E-state index in [4.69, 9.17) is 9.47 Å². The molecule has 0 atom stereocenters. The van der Waals surface area contributed by atoms with E-state index in [1.54, 1.807) is 111 Å². The maximum absolute atomic E-state index is 13.4. The lowest BCUT2D eigenvalue weighted by Crippen LogP contribution is -2.21. The Morgan fingerprint density at radius 3 is 1.26 bits per heavy atom. The van der Waals surface area contributed by atoms with E-state index < -0.39 is 34.1 Å². The van der Waals surface area contributed by atoms with Crippen LogP contribution < -0.4 is 41.4 Å². The summed E-state index contributed by atoms with van der Waals surface area (Å²) in [5.41, 5.74) is 3.79. The molecule has 0 spiro atoms. The van der Waals surface area contributed by atoms with Crippen LogP contribution in [0.4, 0.5) is 53.3 Å². The van der Waals surface area contributed by atoms with E-state index in [-0.39, 0.29) is 9.79 Å². The fraction of sp³-hybridized carbons (Fsp3) is 0.0476. The molecule has 0 aliphatic rings. The highest BCUT2D eigenvalue weighted by molar-refractivity contribution is 7.91. The van der Waals surface area contributed by atoms with Crippen LogP contribution in [0.15, 0.2) is 155 Å². The van der Waals surface area contributed by atoms with Gasteiger partial charge in [0.2, 0.25) is 9.84 Å². The van der Waals surface area contributed by atoms with Gasteiger partial charge in [0.15, 0.2) is 0 Å². The number of hydrogen-bond donors (Lipinski definition) is 6. The summed E-state index contributed by atoms with van der Waals surface area (Å²) in [6, 6.07) is 37.2. The summed E-state index contributed by atoms with van der Waals surface area (Å²) >= 11 is 0. The number of ether oxygens (including phenoxy) is 2. The van der Waals surface area contributed by atoms with Crippen molar-refractivity contribution in [3.8, 4) is 11.5 Å². The minimum atomic E-state index is -3.95. The van der Waals surface area contributed by atoms with Gasteiger partial charge in [0.25, 0.3) is 0 Å². The second kappa shape index (κ2) is 17.7. The maximum atomic E-state index is 13.4. The van der Waals surface area contributed by atoms with Gasteiger partial charge in [-0.25, -0.2) is 27.6 Å². The molecule has 0 unspecified atom stereocenters. The molecule has 288 valence electrons. The summed E-state index contributed by atoms with van der Waals surface area (Å²) < 4.78 is 37.3. The Labute approximate surface area is 328 Å². The normalized spacial score (nSPS) is 10.7. The number of anilines is 6. The zero-order valence-corrected chi connectivity index (χ0v) is 31.3. The van der Waals surface area contributed by atoms with Gasteiger partial charge in [-0.05, 0) is 122 Å². The molecule has 0 aliphatic carbocycles. The predicted octanol–water partition coefficient (Wildman–Crippen LogP) is 9.65. The number of rotatable bonds is 10. The average molecular weight is 785 g/mol. The zero-order chi connectivity index (χ0) is 40.4. The summed E-state index contributed by atoms with van der Waals surface area (Å²) in [7, 11) is -3.95. The lowest BCUT2D eigenvalue weighted by atomic mass is 10.2. The number of carbonyl (C=O) groups excluding carboxylic acids is 4. The molecule has 6 aromatic carbocycles. The molecule has 14 nitrogen and oxygen atoms in total. The van der Waals surface area contributed by atoms with Crippen molar-refractivity contribution < 1.29 is 37.1 Å². The number of sulfone groups is 1. The first-order valence-electron chi connectivity index (χ1n) is 17.3. The minimum absolute atomic E-state index is 0.0136. The summed E-state index contributed by atoms with van der Waals surface area (Å²) in [4.78, 5) is 50.3. The largest absolute Gasteiger partial charge is 0.417 e. The van der Waals surface area contributed by atoms with Gasteiger partial charge in [0.05, 0.1) is 9.79 Å². The second-order valence-electron chi connectivity index (χ2n) is 12.4. The van der Waals surface area contributed by atoms with Crippen molar-refractivity contribution in [2.45, 2.75) is 23.6 Å². The molecule has 6 aromatic rings. The van der Waals surface area contributed by atoms with Crippen LogP contribution in [0.25, 0.3) is 0 Å². The molecule has 6 amide bonds. The van der Waals surface area contributed by atoms with Gasteiger partial charge in [-0.2, -0.15) is 0 Å². The maximum Gasteiger partial charge on any atom is 0.417 e. The number of amides is 6. The Bertz CT molecular complexity index is 2520. The van der Waals surface area contributed by atoms with Gasteiger partial charge < -0.3 is 30.7 Å². The first-order chi connectivity index (χ1) is 27.4. The molecule has 0 aromatic heterocycles. The Morgan fingerprint density at radius 2 is 0.789 bits per heavy atom. The predicted molar refractivity (Wildman–Crippen MR) is 218 cm³/mol. The quantitative estimate of drug-likeness (QED) is 0.0790. The molecule has 15 heteroatoms. The zero-order valence-electron chi connectivity index (χ0n) is 30.5. The number of urea groups is 2. The van der Waals surface area contributed by atoms with Crippen molar-refractivity contribution >= 4 is 68.2 Å². The minimum Gasteiger partial charge on any atom is -0.410 e. The Balaban J connectivity index is 1.01. The molecule has 0 bridgehead atoms. The highest BCUT2D eigenvalue weighted by Crippen LogP contribution is 2.26. The third-order valence-corrected chi connectivity index (χ3v) is 10.0. The van der Waals surface area contributed by atoms with Crippen LogP contribution in [-0.2, 0) is 9.84 Å². The lowest BCUT2D eigenvalue weighted by molar-refractivity contribution is 0.214. The van der Waals surface area contributed by atoms with E-state index in [9.17, 15) is 27.6 Å². The van der Waals surface area contributed by atoms with Gasteiger partial charge in [0, 0.05) is 34.1 Å². The van der Waals surface area contributed by atoms with E-state index >= 15 is 0 Å². The Morgan fingerprint density at radius 1 is 0.421 bits per heavy atom. The topological polar surface area (TPSA) is 193 Å². The Hall–Kier alpha value is -7.65. The molecule has 0 heterocycles. The van der Waals surface area contributed by atoms with Crippen LogP contribution in [0.3, 0.4) is 0 Å². The molecular formula is C42H36N6O8S. The van der Waals surface area contributed by atoms with Crippen LogP contribution in [0.2, 0.25) is 0 Å². The number of nitrogens with one attached hydrogen (secondary N) is 6. The number of benzene rings is 6. The van der Waals surface area contributed by atoms with Gasteiger partial charge in [-0.15, -0.1) is 0 Å². The highest BCUT2D eigenvalue weighted by atomic mass is 32.2. The first-order valence-corrected chi connectivity index (χ1v) is 18.8. The van der Waals surface area contributed by atoms with Gasteiger partial charge in [-0.1, -0.05) is 48.5 Å². The molecule has 6 N–H and O–H groups in total. The Kier molecular flexibility index (Phi) is 12.1. The van der Waals surface area contributed by atoms with Gasteiger partial charge in [0.1, 0.15) is 11.5 Å². The smallest absolute Gasteiger partial charge is 0.410 e. The monoisotopic (exact) mass is 784 g/mol. The van der Waals surface area contributed by atoms with Crippen LogP contribution >= 0.6 is 0 Å². The first kappa shape index (κ1) is 39.1. The van der Waals surface area contributed by atoms with E-state index in [0.717, 1.165) is 11.1 Å². The molecule has 6 rings (SSSR count). The van der Waals surface area contributed by atoms with E-state index in [1.165, 1.54) is 48.5 Å². The second-order valence-corrected chi connectivity index (χ2v) is 14.4. The van der Waals surface area contributed by atoms with E-state index in [2.05, 4.69) is 31.9 Å². The lowest BCUT2D eigenvalue weighted by Gasteiger charge is -2.13. The number of carbonyl (C=O) groups is 4. The van der Waals surface area contributed by atoms with Gasteiger partial charge >= 0.3 is 24.2 Å². The highest BCUT2D eigenvalue weighted by Gasteiger charge is 2.19. The van der Waals surface area contributed by atoms with Crippen molar-refractivity contribution in [1.29, 1.82) is 0 Å². The van der Waals surface area contributed by atoms with Crippen molar-refractivity contribution in [2.75, 3.05) is 31.9 Å². The van der Waals surface area contributed by atoms with Crippen LogP contribution in [0.1, 0.15) is 11.1 Å². The molecule has 0 saturated carbocycles. The average Bonchev–Trinajstić information content (AvgIpc) is 3.18. The standard InChI is InChI=1S/C42H36N6O8S/c1-27-14-16-32(46-41(51)55-33-9-5-3-6-10-33)26-37(27)47-40(50)44-30-19-23-36(24-20-30)57(53,54)35-21-17-29(18-22-35)43-39(49)45-31-15-13-28(2)38(25-31)48-42(52)56-34-11-7-4-8-12-34/h3-26H,1-2H3,(H,46,51)(H,48,52)(H2,43,45,49)(H2,44,47,50). The third-order valence-electron chi connectivity index (χ3n) is 8.22. The summed E-state index contributed by atoms with van der Waals surface area (Å²) in [5, 5.41) is 16.0. The molecule has 0 saturated heterocycles. The van der Waals surface area contributed by atoms with E-state index in [0.29, 0.717) is 45.6 Å². The molecule has 57 heavy (non-hydrogen) atoms. The fourth-order valence-corrected chi connectivity index (χ4v) is 6.55. The summed E-state index contributed by atoms with van der Waals surface area (Å²) in [6.07, 6.45) is -1.38. The van der Waals surface area contributed by atoms with Crippen LogP contribution in [-0.4, -0.2) is 32.7 Å². The van der Waals surface area contributed by atoms with Crippen molar-refractivity contribution in [3.63, 3.8) is 0 Å². The fourth-order valence-electron chi connectivity index (χ4n) is 5.29. The summed E-state index contributed by atoms with van der Waals surface area (Å²) in [6.45, 7) is 3.58. The third kappa shape index (κ3) is 10.7. The van der Waals surface area contributed by atoms with Gasteiger partial charge in [-0.3, -0.25) is 10.6 Å². The molecule has 0 aliphatic heterocycles. The number of hydrogen-bond acceptors (Lipinski definition) is 8.